The maximum absolute atomic E-state index is 13.4. The van der Waals surface area contributed by atoms with Crippen LogP contribution in [0, 0.1) is 17.8 Å². The number of aliphatic hydroxyl groups is 2. The molecule has 0 aromatic heterocycles. The zero-order valence-electron chi connectivity index (χ0n) is 19.3. The summed E-state index contributed by atoms with van der Waals surface area (Å²) in [4.78, 5) is 38.6. The Morgan fingerprint density at radius 1 is 1.12 bits per heavy atom. The lowest BCUT2D eigenvalue weighted by molar-refractivity contribution is -0.186. The minimum absolute atomic E-state index is 0.00489. The monoisotopic (exact) mass is 467 g/mol. The van der Waals surface area contributed by atoms with E-state index in [1.54, 1.807) is 36.4 Å². The SMILES string of the molecule is C#Cc1cc(-c2ccc(C(O)CCCO)cc2)ccc1C(=O)[C@@](C)(C(=O)NC)C(=O)N(O)NC. The first-order chi connectivity index (χ1) is 16.1. The molecule has 180 valence electrons. The Kier molecular flexibility index (Phi) is 9.06. The molecule has 2 rings (SSSR count). The van der Waals surface area contributed by atoms with E-state index >= 15 is 0 Å². The molecule has 0 radical (unpaired) electrons. The fourth-order valence-electron chi connectivity index (χ4n) is 3.52. The number of carbonyl (C=O) groups is 3. The number of hydrogen-bond acceptors (Lipinski definition) is 7. The van der Waals surface area contributed by atoms with Gasteiger partial charge in [-0.15, -0.1) is 11.6 Å². The van der Waals surface area contributed by atoms with Crippen molar-refractivity contribution in [2.45, 2.75) is 25.9 Å². The molecule has 0 aliphatic rings. The van der Waals surface area contributed by atoms with Gasteiger partial charge in [-0.1, -0.05) is 36.3 Å². The first kappa shape index (κ1) is 26.7. The molecule has 0 saturated carbocycles. The van der Waals surface area contributed by atoms with Crippen molar-refractivity contribution in [3.8, 4) is 23.5 Å². The summed E-state index contributed by atoms with van der Waals surface area (Å²) in [7, 11) is 2.53. The summed E-state index contributed by atoms with van der Waals surface area (Å²) in [5.41, 5.74) is 2.22. The lowest BCUT2D eigenvalue weighted by atomic mass is 9.78. The van der Waals surface area contributed by atoms with Gasteiger partial charge in [0.25, 0.3) is 5.91 Å². The molecule has 0 heterocycles. The summed E-state index contributed by atoms with van der Waals surface area (Å²) in [6.45, 7) is 1.12. The van der Waals surface area contributed by atoms with E-state index in [0.717, 1.165) is 12.5 Å². The number of amides is 2. The Bertz CT molecular complexity index is 1090. The van der Waals surface area contributed by atoms with Gasteiger partial charge in [0, 0.05) is 31.8 Å². The molecule has 0 spiro atoms. The predicted octanol–water partition coefficient (Wildman–Crippen LogP) is 1.43. The minimum atomic E-state index is -2.27. The summed E-state index contributed by atoms with van der Waals surface area (Å²) in [6, 6.07) is 11.8. The maximum Gasteiger partial charge on any atom is 0.284 e. The van der Waals surface area contributed by atoms with Crippen LogP contribution in [0.1, 0.15) is 47.4 Å². The lowest BCUT2D eigenvalue weighted by Gasteiger charge is -2.28. The number of nitrogens with one attached hydrogen (secondary N) is 2. The lowest BCUT2D eigenvalue weighted by Crippen LogP contribution is -2.56. The number of hydroxylamine groups is 1. The van der Waals surface area contributed by atoms with Crippen LogP contribution in [0.3, 0.4) is 0 Å². The number of nitrogens with zero attached hydrogens (tertiary/aromatic N) is 1. The van der Waals surface area contributed by atoms with Gasteiger partial charge in [0.15, 0.2) is 11.2 Å². The van der Waals surface area contributed by atoms with Crippen molar-refractivity contribution < 1.29 is 29.8 Å². The third-order valence-electron chi connectivity index (χ3n) is 5.65. The zero-order chi connectivity index (χ0) is 25.5. The van der Waals surface area contributed by atoms with Crippen LogP contribution >= 0.6 is 0 Å². The van der Waals surface area contributed by atoms with Crippen molar-refractivity contribution >= 4 is 17.6 Å². The molecule has 0 aliphatic carbocycles. The van der Waals surface area contributed by atoms with Crippen molar-refractivity contribution in [2.75, 3.05) is 20.7 Å². The Labute approximate surface area is 198 Å². The highest BCUT2D eigenvalue weighted by molar-refractivity contribution is 6.27. The fourth-order valence-corrected chi connectivity index (χ4v) is 3.52. The molecule has 34 heavy (non-hydrogen) atoms. The first-order valence-electron chi connectivity index (χ1n) is 10.6. The Hall–Kier alpha value is -3.55. The molecule has 0 bridgehead atoms. The summed E-state index contributed by atoms with van der Waals surface area (Å²) >= 11 is 0. The van der Waals surface area contributed by atoms with E-state index in [1.165, 1.54) is 20.2 Å². The van der Waals surface area contributed by atoms with Gasteiger partial charge in [-0.25, -0.2) is 5.43 Å². The van der Waals surface area contributed by atoms with E-state index in [1.807, 2.05) is 0 Å². The molecule has 0 fully saturated rings. The number of ketones is 1. The number of hydrogen-bond donors (Lipinski definition) is 5. The number of carbonyl (C=O) groups excluding carboxylic acids is 3. The molecule has 5 N–H and O–H groups in total. The van der Waals surface area contributed by atoms with Crippen LogP contribution in [0.4, 0.5) is 0 Å². The summed E-state index contributed by atoms with van der Waals surface area (Å²) in [6.07, 6.45) is 5.89. The van der Waals surface area contributed by atoms with Crippen LogP contribution in [-0.4, -0.2) is 58.9 Å². The second-order valence-corrected chi connectivity index (χ2v) is 7.78. The minimum Gasteiger partial charge on any atom is -0.396 e. The number of benzene rings is 2. The molecule has 2 atom stereocenters. The van der Waals surface area contributed by atoms with Crippen molar-refractivity contribution in [3.63, 3.8) is 0 Å². The molecular weight excluding hydrogens is 438 g/mol. The molecule has 0 aliphatic heterocycles. The first-order valence-corrected chi connectivity index (χ1v) is 10.6. The molecule has 2 aromatic carbocycles. The van der Waals surface area contributed by atoms with Crippen LogP contribution in [0.2, 0.25) is 0 Å². The average molecular weight is 468 g/mol. The third-order valence-corrected chi connectivity index (χ3v) is 5.65. The summed E-state index contributed by atoms with van der Waals surface area (Å²) in [5.74, 6) is -0.505. The van der Waals surface area contributed by atoms with Crippen LogP contribution in [0.5, 0.6) is 0 Å². The molecule has 9 nitrogen and oxygen atoms in total. The van der Waals surface area contributed by atoms with Crippen molar-refractivity contribution in [2.24, 2.45) is 5.41 Å². The maximum atomic E-state index is 13.4. The number of hydrazine groups is 1. The number of aliphatic hydroxyl groups excluding tert-OH is 2. The van der Waals surface area contributed by atoms with Gasteiger partial charge in [0.05, 0.1) is 6.10 Å². The van der Waals surface area contributed by atoms with Crippen LogP contribution in [0.25, 0.3) is 11.1 Å². The molecule has 0 saturated heterocycles. The van der Waals surface area contributed by atoms with E-state index in [-0.39, 0.29) is 22.9 Å². The standard InChI is InChI=1S/C25H29N3O6/c1-5-16-15-19(17-8-10-18(11-9-17)21(30)7-6-14-29)12-13-20(16)22(31)25(2,23(32)26-3)24(33)28(34)27-4/h1,8-13,15,21,27,29-30,34H,6-7,14H2,2-4H3,(H,26,32)/t21?,25-/m0/s1. The van der Waals surface area contributed by atoms with Gasteiger partial charge in [-0.2, -0.15) is 0 Å². The topological polar surface area (TPSA) is 139 Å². The van der Waals surface area contributed by atoms with E-state index in [9.17, 15) is 24.7 Å². The van der Waals surface area contributed by atoms with Gasteiger partial charge in [0.1, 0.15) is 0 Å². The smallest absolute Gasteiger partial charge is 0.284 e. The number of rotatable bonds is 10. The van der Waals surface area contributed by atoms with Crippen molar-refractivity contribution in [1.82, 2.24) is 15.9 Å². The quantitative estimate of drug-likeness (QED) is 0.117. The van der Waals surface area contributed by atoms with E-state index < -0.39 is 29.1 Å². The van der Waals surface area contributed by atoms with Gasteiger partial charge < -0.3 is 15.5 Å². The van der Waals surface area contributed by atoms with Gasteiger partial charge in [-0.3, -0.25) is 19.6 Å². The Balaban J connectivity index is 2.44. The molecule has 1 unspecified atom stereocenters. The molecule has 9 heteroatoms. The summed E-state index contributed by atoms with van der Waals surface area (Å²) in [5, 5.41) is 31.3. The zero-order valence-corrected chi connectivity index (χ0v) is 19.3. The largest absolute Gasteiger partial charge is 0.396 e. The highest BCUT2D eigenvalue weighted by Gasteiger charge is 2.51. The van der Waals surface area contributed by atoms with Gasteiger partial charge in [0.2, 0.25) is 5.91 Å². The highest BCUT2D eigenvalue weighted by Crippen LogP contribution is 2.30. The van der Waals surface area contributed by atoms with E-state index in [4.69, 9.17) is 11.5 Å². The molecule has 2 aromatic rings. The fraction of sp³-hybridized carbons (Fsp3) is 0.320. The van der Waals surface area contributed by atoms with Crippen LogP contribution in [-0.2, 0) is 9.59 Å². The Morgan fingerprint density at radius 3 is 2.26 bits per heavy atom. The van der Waals surface area contributed by atoms with Crippen LogP contribution < -0.4 is 10.7 Å². The average Bonchev–Trinajstić information content (AvgIpc) is 2.88. The second-order valence-electron chi connectivity index (χ2n) is 7.78. The summed E-state index contributed by atoms with van der Waals surface area (Å²) < 4.78 is 0. The van der Waals surface area contributed by atoms with E-state index in [2.05, 4.69) is 16.7 Å². The van der Waals surface area contributed by atoms with Crippen LogP contribution in [0.15, 0.2) is 42.5 Å². The second kappa shape index (κ2) is 11.5. The van der Waals surface area contributed by atoms with Crippen molar-refractivity contribution in [3.05, 3.63) is 59.2 Å². The van der Waals surface area contributed by atoms with E-state index in [0.29, 0.717) is 24.0 Å². The van der Waals surface area contributed by atoms with Gasteiger partial charge >= 0.3 is 0 Å². The third kappa shape index (κ3) is 5.32. The predicted molar refractivity (Wildman–Crippen MR) is 125 cm³/mol. The Morgan fingerprint density at radius 2 is 1.74 bits per heavy atom. The highest BCUT2D eigenvalue weighted by atomic mass is 16.6. The number of terminal acetylenes is 1. The normalized spacial score (nSPS) is 13.3. The molecular formula is C25H29N3O6. The van der Waals surface area contributed by atoms with Gasteiger partial charge in [-0.05, 0) is 48.6 Å². The number of Topliss-reactive ketones (excluding diaryl/α,β-unsaturated/α-hetero) is 1. The molecule has 2 amide bonds. The van der Waals surface area contributed by atoms with Crippen molar-refractivity contribution in [1.29, 1.82) is 0 Å².